The largest absolute Gasteiger partial charge is 0.381 e. The molecule has 0 bridgehead atoms. The number of para-hydroxylation sites is 1. The van der Waals surface area contributed by atoms with Crippen molar-refractivity contribution in [1.29, 1.82) is 0 Å². The normalized spacial score (nSPS) is 21.7. The highest BCUT2D eigenvalue weighted by Crippen LogP contribution is 2.38. The van der Waals surface area contributed by atoms with E-state index >= 15 is 0 Å². The van der Waals surface area contributed by atoms with Crippen molar-refractivity contribution in [3.8, 4) is 0 Å². The summed E-state index contributed by atoms with van der Waals surface area (Å²) >= 11 is 6.32. The molecule has 1 spiro atoms. The Morgan fingerprint density at radius 2 is 1.86 bits per heavy atom. The highest BCUT2D eigenvalue weighted by molar-refractivity contribution is 6.34. The van der Waals surface area contributed by atoms with Crippen molar-refractivity contribution in [1.82, 2.24) is 0 Å². The van der Waals surface area contributed by atoms with Crippen LogP contribution in [0.2, 0.25) is 5.02 Å². The van der Waals surface area contributed by atoms with Gasteiger partial charge in [0.1, 0.15) is 0 Å². The first-order chi connectivity index (χ1) is 10.1. The van der Waals surface area contributed by atoms with E-state index in [1.807, 2.05) is 26.2 Å². The van der Waals surface area contributed by atoms with Crippen LogP contribution in [0.25, 0.3) is 0 Å². The molecule has 2 aliphatic rings. The van der Waals surface area contributed by atoms with Crippen molar-refractivity contribution in [2.75, 3.05) is 37.5 Å². The van der Waals surface area contributed by atoms with E-state index in [0.29, 0.717) is 6.04 Å². The van der Waals surface area contributed by atoms with Crippen molar-refractivity contribution < 1.29 is 9.47 Å². The highest BCUT2D eigenvalue weighted by atomic mass is 35.5. The standard InChI is InChI=1S/C16H23ClN2O2/c1-19(2)15-13(17)4-3-5-14(15)18-12-6-8-16(9-7-12)20-10-11-21-16/h3-5,12,18H,6-11H2,1-2H3. The zero-order chi connectivity index (χ0) is 14.9. The Labute approximate surface area is 131 Å². The summed E-state index contributed by atoms with van der Waals surface area (Å²) in [6, 6.07) is 6.46. The van der Waals surface area contributed by atoms with E-state index in [1.54, 1.807) is 0 Å². The SMILES string of the molecule is CN(C)c1c(Cl)cccc1NC1CCC2(CC1)OCCO2. The molecule has 0 radical (unpaired) electrons. The van der Waals surface area contributed by atoms with E-state index in [0.717, 1.165) is 55.3 Å². The molecule has 1 aromatic rings. The Morgan fingerprint density at radius 3 is 2.48 bits per heavy atom. The molecule has 21 heavy (non-hydrogen) atoms. The van der Waals surface area contributed by atoms with Gasteiger partial charge in [-0.2, -0.15) is 0 Å². The number of halogens is 1. The Kier molecular flexibility index (Phi) is 4.29. The molecule has 4 nitrogen and oxygen atoms in total. The molecule has 1 heterocycles. The average molecular weight is 311 g/mol. The van der Waals surface area contributed by atoms with Gasteiger partial charge in [0.25, 0.3) is 0 Å². The Bertz CT molecular complexity index is 491. The lowest BCUT2D eigenvalue weighted by molar-refractivity contribution is -0.177. The van der Waals surface area contributed by atoms with Gasteiger partial charge in [0.05, 0.1) is 29.6 Å². The third kappa shape index (κ3) is 3.12. The minimum atomic E-state index is -0.295. The van der Waals surface area contributed by atoms with Crippen LogP contribution >= 0.6 is 11.6 Å². The lowest BCUT2D eigenvalue weighted by Crippen LogP contribution is -2.39. The van der Waals surface area contributed by atoms with Crippen LogP contribution in [-0.2, 0) is 9.47 Å². The van der Waals surface area contributed by atoms with Gasteiger partial charge in [-0.3, -0.25) is 0 Å². The third-order valence-corrected chi connectivity index (χ3v) is 4.66. The topological polar surface area (TPSA) is 33.7 Å². The van der Waals surface area contributed by atoms with Gasteiger partial charge >= 0.3 is 0 Å². The zero-order valence-corrected chi connectivity index (χ0v) is 13.4. The molecule has 1 N–H and O–H groups in total. The van der Waals surface area contributed by atoms with Crippen LogP contribution in [0.15, 0.2) is 18.2 Å². The molecule has 0 atom stereocenters. The Morgan fingerprint density at radius 1 is 1.19 bits per heavy atom. The summed E-state index contributed by atoms with van der Waals surface area (Å²) in [4.78, 5) is 2.05. The summed E-state index contributed by atoms with van der Waals surface area (Å²) in [5, 5.41) is 4.42. The van der Waals surface area contributed by atoms with Gasteiger partial charge in [-0.05, 0) is 25.0 Å². The van der Waals surface area contributed by atoms with Crippen LogP contribution in [0.1, 0.15) is 25.7 Å². The maximum absolute atomic E-state index is 6.32. The summed E-state index contributed by atoms with van der Waals surface area (Å²) in [6.45, 7) is 1.47. The van der Waals surface area contributed by atoms with E-state index < -0.39 is 0 Å². The van der Waals surface area contributed by atoms with Crippen LogP contribution in [-0.4, -0.2) is 39.1 Å². The smallest absolute Gasteiger partial charge is 0.168 e. The molecule has 1 aromatic carbocycles. The van der Waals surface area contributed by atoms with Crippen LogP contribution < -0.4 is 10.2 Å². The quantitative estimate of drug-likeness (QED) is 0.926. The lowest BCUT2D eigenvalue weighted by Gasteiger charge is -2.36. The molecular weight excluding hydrogens is 288 g/mol. The predicted molar refractivity (Wildman–Crippen MR) is 86.3 cm³/mol. The predicted octanol–water partition coefficient (Wildman–Crippen LogP) is 3.50. The molecule has 0 aromatic heterocycles. The average Bonchev–Trinajstić information content (AvgIpc) is 2.90. The van der Waals surface area contributed by atoms with Crippen molar-refractivity contribution >= 4 is 23.0 Å². The number of anilines is 2. The maximum Gasteiger partial charge on any atom is 0.168 e. The van der Waals surface area contributed by atoms with Crippen LogP contribution in [0.5, 0.6) is 0 Å². The van der Waals surface area contributed by atoms with E-state index in [2.05, 4.69) is 16.3 Å². The summed E-state index contributed by atoms with van der Waals surface area (Å²) in [5.41, 5.74) is 2.15. The van der Waals surface area contributed by atoms with Gasteiger partial charge < -0.3 is 19.7 Å². The third-order valence-electron chi connectivity index (χ3n) is 4.35. The number of nitrogens with one attached hydrogen (secondary N) is 1. The van der Waals surface area contributed by atoms with Gasteiger partial charge in [0, 0.05) is 33.0 Å². The van der Waals surface area contributed by atoms with Crippen LogP contribution in [0, 0.1) is 0 Å². The first kappa shape index (κ1) is 14.9. The molecule has 1 aliphatic heterocycles. The first-order valence-electron chi connectivity index (χ1n) is 7.60. The second-order valence-corrected chi connectivity index (χ2v) is 6.46. The molecule has 0 amide bonds. The number of hydrogen-bond donors (Lipinski definition) is 1. The number of nitrogens with zero attached hydrogens (tertiary/aromatic N) is 1. The van der Waals surface area contributed by atoms with Crippen molar-refractivity contribution in [3.63, 3.8) is 0 Å². The lowest BCUT2D eigenvalue weighted by atomic mass is 9.90. The molecule has 2 fully saturated rings. The summed E-state index contributed by atoms with van der Waals surface area (Å²) < 4.78 is 11.6. The van der Waals surface area contributed by atoms with E-state index in [4.69, 9.17) is 21.1 Å². The molecule has 116 valence electrons. The zero-order valence-electron chi connectivity index (χ0n) is 12.7. The maximum atomic E-state index is 6.32. The van der Waals surface area contributed by atoms with E-state index in [1.165, 1.54) is 0 Å². The fourth-order valence-corrected chi connectivity index (χ4v) is 3.64. The minimum Gasteiger partial charge on any atom is -0.381 e. The number of rotatable bonds is 3. The number of hydrogen-bond acceptors (Lipinski definition) is 4. The summed E-state index contributed by atoms with van der Waals surface area (Å²) in [6.07, 6.45) is 4.03. The molecular formula is C16H23ClN2O2. The molecule has 3 rings (SSSR count). The number of benzene rings is 1. The molecule has 1 saturated carbocycles. The second-order valence-electron chi connectivity index (χ2n) is 6.06. The van der Waals surface area contributed by atoms with Crippen molar-refractivity contribution in [3.05, 3.63) is 23.2 Å². The first-order valence-corrected chi connectivity index (χ1v) is 7.98. The van der Waals surface area contributed by atoms with Gasteiger partial charge in [-0.15, -0.1) is 0 Å². The second kappa shape index (κ2) is 6.03. The summed E-state index contributed by atoms with van der Waals surface area (Å²) in [5.74, 6) is -0.295. The summed E-state index contributed by atoms with van der Waals surface area (Å²) in [7, 11) is 4.03. The van der Waals surface area contributed by atoms with Gasteiger partial charge in [0.2, 0.25) is 0 Å². The van der Waals surface area contributed by atoms with E-state index in [9.17, 15) is 0 Å². The molecule has 1 saturated heterocycles. The fourth-order valence-electron chi connectivity index (χ4n) is 3.29. The van der Waals surface area contributed by atoms with E-state index in [-0.39, 0.29) is 5.79 Å². The minimum absolute atomic E-state index is 0.295. The Balaban J connectivity index is 1.67. The molecule has 0 unspecified atom stereocenters. The van der Waals surface area contributed by atoms with Crippen LogP contribution in [0.3, 0.4) is 0 Å². The fraction of sp³-hybridized carbons (Fsp3) is 0.625. The van der Waals surface area contributed by atoms with Gasteiger partial charge in [-0.1, -0.05) is 17.7 Å². The van der Waals surface area contributed by atoms with Crippen LogP contribution in [0.4, 0.5) is 11.4 Å². The van der Waals surface area contributed by atoms with Gasteiger partial charge in [0.15, 0.2) is 5.79 Å². The van der Waals surface area contributed by atoms with Gasteiger partial charge in [-0.25, -0.2) is 0 Å². The monoisotopic (exact) mass is 310 g/mol. The number of ether oxygens (including phenoxy) is 2. The highest BCUT2D eigenvalue weighted by Gasteiger charge is 2.40. The molecule has 1 aliphatic carbocycles. The molecule has 5 heteroatoms. The Hall–Kier alpha value is -0.970. The van der Waals surface area contributed by atoms with Crippen molar-refractivity contribution in [2.45, 2.75) is 37.5 Å². The van der Waals surface area contributed by atoms with Crippen molar-refractivity contribution in [2.24, 2.45) is 0 Å².